The molecule has 1 N–H and O–H groups in total. The van der Waals surface area contributed by atoms with Gasteiger partial charge in [0.2, 0.25) is 5.91 Å². The van der Waals surface area contributed by atoms with Gasteiger partial charge in [0.25, 0.3) is 0 Å². The smallest absolute Gasteiger partial charge is 0.350 e. The molecule has 3 rings (SSSR count). The summed E-state index contributed by atoms with van der Waals surface area (Å²) in [5.74, 6) is -0.765. The van der Waals surface area contributed by atoms with E-state index in [1.807, 2.05) is 30.3 Å². The number of thiazole rings is 1. The Kier molecular flexibility index (Phi) is 7.97. The Morgan fingerprint density at radius 3 is 2.56 bits per heavy atom. The standard InChI is InChI=1S/C23H21ClN2O5S/c1-14-21(22(29)31-13-15-6-4-3-5-7-15)32-23(25-14)26-20(28)11-9-18(27)17-12-16(24)8-10-19(17)30-2/h3-8,10,12H,9,11,13H2,1-2H3,(H,25,26,28). The summed E-state index contributed by atoms with van der Waals surface area (Å²) in [5.41, 5.74) is 1.65. The number of hydrogen-bond donors (Lipinski definition) is 1. The summed E-state index contributed by atoms with van der Waals surface area (Å²) < 4.78 is 10.5. The van der Waals surface area contributed by atoms with Crippen LogP contribution in [0.4, 0.5) is 5.13 Å². The molecule has 1 aromatic heterocycles. The van der Waals surface area contributed by atoms with Gasteiger partial charge in [0.05, 0.1) is 18.4 Å². The molecule has 1 heterocycles. The average molecular weight is 473 g/mol. The Hall–Kier alpha value is -3.23. The quantitative estimate of drug-likeness (QED) is 0.345. The molecule has 3 aromatic rings. The first-order valence-corrected chi connectivity index (χ1v) is 10.9. The molecule has 0 aliphatic rings. The lowest BCUT2D eigenvalue weighted by atomic mass is 10.1. The Labute approximate surface area is 194 Å². The van der Waals surface area contributed by atoms with Gasteiger partial charge in [0.15, 0.2) is 10.9 Å². The molecule has 0 aliphatic carbocycles. The molecule has 32 heavy (non-hydrogen) atoms. The lowest BCUT2D eigenvalue weighted by molar-refractivity contribution is -0.116. The van der Waals surface area contributed by atoms with Crippen molar-refractivity contribution < 1.29 is 23.9 Å². The van der Waals surface area contributed by atoms with Crippen molar-refractivity contribution in [3.63, 3.8) is 0 Å². The van der Waals surface area contributed by atoms with Crippen LogP contribution in [0.25, 0.3) is 0 Å². The average Bonchev–Trinajstić information content (AvgIpc) is 3.16. The molecule has 0 atom stereocenters. The second-order valence-electron chi connectivity index (χ2n) is 6.81. The fourth-order valence-electron chi connectivity index (χ4n) is 2.87. The van der Waals surface area contributed by atoms with Gasteiger partial charge in [0.1, 0.15) is 17.2 Å². The third kappa shape index (κ3) is 6.15. The highest BCUT2D eigenvalue weighted by molar-refractivity contribution is 7.17. The van der Waals surface area contributed by atoms with Gasteiger partial charge in [0, 0.05) is 17.9 Å². The fourth-order valence-corrected chi connectivity index (χ4v) is 3.92. The molecule has 0 bridgehead atoms. The fraction of sp³-hybridized carbons (Fsp3) is 0.217. The Bertz CT molecular complexity index is 1130. The third-order valence-electron chi connectivity index (χ3n) is 4.48. The van der Waals surface area contributed by atoms with Gasteiger partial charge in [-0.15, -0.1) is 0 Å². The second kappa shape index (κ2) is 10.9. The van der Waals surface area contributed by atoms with Crippen molar-refractivity contribution in [2.45, 2.75) is 26.4 Å². The van der Waals surface area contributed by atoms with Crippen molar-refractivity contribution in [1.29, 1.82) is 0 Å². The minimum absolute atomic E-state index is 0.0289. The van der Waals surface area contributed by atoms with Crippen LogP contribution in [0.1, 0.15) is 44.1 Å². The number of Topliss-reactive ketones (excluding diaryl/α,β-unsaturated/α-hetero) is 1. The molecule has 9 heteroatoms. The number of nitrogens with one attached hydrogen (secondary N) is 1. The molecule has 2 aromatic carbocycles. The molecule has 0 saturated carbocycles. The van der Waals surface area contributed by atoms with Gasteiger partial charge in [-0.25, -0.2) is 9.78 Å². The summed E-state index contributed by atoms with van der Waals surface area (Å²) in [4.78, 5) is 41.7. The van der Waals surface area contributed by atoms with E-state index in [1.54, 1.807) is 19.1 Å². The van der Waals surface area contributed by atoms with Gasteiger partial charge in [-0.05, 0) is 30.7 Å². The zero-order valence-corrected chi connectivity index (χ0v) is 19.1. The number of benzene rings is 2. The minimum Gasteiger partial charge on any atom is -0.496 e. The van der Waals surface area contributed by atoms with Crippen LogP contribution in [-0.2, 0) is 16.1 Å². The zero-order valence-electron chi connectivity index (χ0n) is 17.5. The molecule has 0 fully saturated rings. The molecule has 0 spiro atoms. The minimum atomic E-state index is -0.507. The first-order chi connectivity index (χ1) is 15.4. The van der Waals surface area contributed by atoms with Gasteiger partial charge in [-0.3, -0.25) is 9.59 Å². The molecule has 0 saturated heterocycles. The first kappa shape index (κ1) is 23.4. The van der Waals surface area contributed by atoms with Crippen molar-refractivity contribution in [2.75, 3.05) is 12.4 Å². The number of nitrogens with zero attached hydrogens (tertiary/aromatic N) is 1. The highest BCUT2D eigenvalue weighted by Crippen LogP contribution is 2.26. The molecule has 0 aliphatic heterocycles. The maximum Gasteiger partial charge on any atom is 0.350 e. The summed E-state index contributed by atoms with van der Waals surface area (Å²) in [5, 5.41) is 3.31. The van der Waals surface area contributed by atoms with Crippen LogP contribution in [0.2, 0.25) is 5.02 Å². The van der Waals surface area contributed by atoms with E-state index in [0.29, 0.717) is 26.9 Å². The van der Waals surface area contributed by atoms with Gasteiger partial charge in [-0.2, -0.15) is 0 Å². The van der Waals surface area contributed by atoms with Crippen molar-refractivity contribution >= 4 is 45.7 Å². The van der Waals surface area contributed by atoms with Crippen LogP contribution in [0, 0.1) is 6.92 Å². The van der Waals surface area contributed by atoms with E-state index in [9.17, 15) is 14.4 Å². The first-order valence-electron chi connectivity index (χ1n) is 9.72. The monoisotopic (exact) mass is 472 g/mol. The Balaban J connectivity index is 1.55. The van der Waals surface area contributed by atoms with E-state index in [1.165, 1.54) is 13.2 Å². The second-order valence-corrected chi connectivity index (χ2v) is 8.25. The number of rotatable bonds is 9. The molecule has 0 radical (unpaired) electrons. The van der Waals surface area contributed by atoms with E-state index in [0.717, 1.165) is 16.9 Å². The highest BCUT2D eigenvalue weighted by atomic mass is 35.5. The largest absolute Gasteiger partial charge is 0.496 e. The zero-order chi connectivity index (χ0) is 23.1. The topological polar surface area (TPSA) is 94.6 Å². The number of amides is 1. The third-order valence-corrected chi connectivity index (χ3v) is 5.77. The summed E-state index contributed by atoms with van der Waals surface area (Å²) >= 11 is 6.99. The molecule has 1 amide bonds. The van der Waals surface area contributed by atoms with Crippen molar-refractivity contribution in [3.05, 3.63) is 75.3 Å². The molecular formula is C23H21ClN2O5S. The van der Waals surface area contributed by atoms with E-state index < -0.39 is 11.9 Å². The van der Waals surface area contributed by atoms with E-state index >= 15 is 0 Å². The number of esters is 1. The Morgan fingerprint density at radius 2 is 1.84 bits per heavy atom. The maximum absolute atomic E-state index is 12.5. The predicted molar refractivity (Wildman–Crippen MR) is 123 cm³/mol. The number of carbonyl (C=O) groups excluding carboxylic acids is 3. The number of carbonyl (C=O) groups is 3. The normalized spacial score (nSPS) is 10.5. The number of anilines is 1. The van der Waals surface area contributed by atoms with Gasteiger partial charge < -0.3 is 14.8 Å². The van der Waals surface area contributed by atoms with Gasteiger partial charge >= 0.3 is 5.97 Å². The molecule has 7 nitrogen and oxygen atoms in total. The number of aryl methyl sites for hydroxylation is 1. The summed E-state index contributed by atoms with van der Waals surface area (Å²) in [6.45, 7) is 1.81. The Morgan fingerprint density at radius 1 is 1.09 bits per heavy atom. The number of halogens is 1. The summed E-state index contributed by atoms with van der Waals surface area (Å²) in [6, 6.07) is 14.1. The van der Waals surface area contributed by atoms with Crippen LogP contribution >= 0.6 is 22.9 Å². The number of ketones is 1. The number of hydrogen-bond acceptors (Lipinski definition) is 7. The molecule has 0 unspecified atom stereocenters. The summed E-state index contributed by atoms with van der Waals surface area (Å²) in [6.07, 6.45) is -0.0835. The van der Waals surface area contributed by atoms with E-state index in [2.05, 4.69) is 10.3 Å². The highest BCUT2D eigenvalue weighted by Gasteiger charge is 2.19. The lowest BCUT2D eigenvalue weighted by Gasteiger charge is -2.08. The van der Waals surface area contributed by atoms with Crippen molar-refractivity contribution in [1.82, 2.24) is 4.98 Å². The van der Waals surface area contributed by atoms with Crippen molar-refractivity contribution in [3.8, 4) is 5.75 Å². The van der Waals surface area contributed by atoms with E-state index in [-0.39, 0.29) is 30.4 Å². The molecular weight excluding hydrogens is 452 g/mol. The van der Waals surface area contributed by atoms with Crippen LogP contribution < -0.4 is 10.1 Å². The van der Waals surface area contributed by atoms with E-state index in [4.69, 9.17) is 21.1 Å². The SMILES string of the molecule is COc1ccc(Cl)cc1C(=O)CCC(=O)Nc1nc(C)c(C(=O)OCc2ccccc2)s1. The molecule has 166 valence electrons. The number of aromatic nitrogens is 1. The maximum atomic E-state index is 12.5. The van der Waals surface area contributed by atoms with Crippen LogP contribution in [0.15, 0.2) is 48.5 Å². The predicted octanol–water partition coefficient (Wildman–Crippen LogP) is 5.07. The van der Waals surface area contributed by atoms with Crippen LogP contribution in [0.5, 0.6) is 5.75 Å². The number of methoxy groups -OCH3 is 1. The van der Waals surface area contributed by atoms with Crippen LogP contribution in [-0.4, -0.2) is 29.8 Å². The lowest BCUT2D eigenvalue weighted by Crippen LogP contribution is -2.13. The summed E-state index contributed by atoms with van der Waals surface area (Å²) in [7, 11) is 1.46. The van der Waals surface area contributed by atoms with Gasteiger partial charge in [-0.1, -0.05) is 53.3 Å². The van der Waals surface area contributed by atoms with Crippen molar-refractivity contribution in [2.24, 2.45) is 0 Å². The number of ether oxygens (including phenoxy) is 2. The van der Waals surface area contributed by atoms with Crippen LogP contribution in [0.3, 0.4) is 0 Å².